The first kappa shape index (κ1) is 44.5. The van der Waals surface area contributed by atoms with Crippen LogP contribution in [0.1, 0.15) is 118 Å². The smallest absolute Gasteiger partial charge is 0.408 e. The van der Waals surface area contributed by atoms with Crippen LogP contribution in [-0.2, 0) is 28.7 Å². The highest BCUT2D eigenvalue weighted by Gasteiger charge is 2.70. The molecule has 0 spiro atoms. The number of fused-ring (bicyclic) bond motifs is 3. The maximum absolute atomic E-state index is 14.6. The number of hydrogen-bond donors (Lipinski definition) is 5. The summed E-state index contributed by atoms with van der Waals surface area (Å²) in [5, 5.41) is 22.4. The molecular formula is C42H66N6O8. The number of piperidine rings is 1. The van der Waals surface area contributed by atoms with Crippen LogP contribution in [0.15, 0.2) is 30.3 Å². The fourth-order valence-corrected chi connectivity index (χ4v) is 8.40. The molecular weight excluding hydrogens is 716 g/mol. The van der Waals surface area contributed by atoms with Gasteiger partial charge in [-0.05, 0) is 61.8 Å². The van der Waals surface area contributed by atoms with Crippen molar-refractivity contribution in [3.05, 3.63) is 35.9 Å². The van der Waals surface area contributed by atoms with Crippen LogP contribution in [0, 0.1) is 22.7 Å². The largest absolute Gasteiger partial charge is 0.444 e. The Labute approximate surface area is 332 Å². The average Bonchev–Trinajstić information content (AvgIpc) is 3.42. The van der Waals surface area contributed by atoms with Gasteiger partial charge in [0, 0.05) is 20.6 Å². The van der Waals surface area contributed by atoms with Crippen molar-refractivity contribution in [3.63, 3.8) is 0 Å². The van der Waals surface area contributed by atoms with E-state index in [0.717, 1.165) is 38.5 Å². The van der Waals surface area contributed by atoms with E-state index in [2.05, 4.69) is 35.1 Å². The van der Waals surface area contributed by atoms with E-state index in [4.69, 9.17) is 4.74 Å². The zero-order valence-corrected chi connectivity index (χ0v) is 34.9. The van der Waals surface area contributed by atoms with Crippen molar-refractivity contribution >= 4 is 35.6 Å². The summed E-state index contributed by atoms with van der Waals surface area (Å²) in [5.74, 6) is -2.77. The van der Waals surface area contributed by atoms with Crippen LogP contribution in [0.5, 0.6) is 0 Å². The summed E-state index contributed by atoms with van der Waals surface area (Å²) in [6.45, 7) is 13.2. The Kier molecular flexibility index (Phi) is 14.6. The number of benzene rings is 1. The van der Waals surface area contributed by atoms with Gasteiger partial charge in [-0.1, -0.05) is 103 Å². The Bertz CT molecular complexity index is 1570. The highest BCUT2D eigenvalue weighted by atomic mass is 16.6. The Morgan fingerprint density at radius 2 is 1.57 bits per heavy atom. The first-order valence-corrected chi connectivity index (χ1v) is 20.3. The highest BCUT2D eigenvalue weighted by Crippen LogP contribution is 2.65. The van der Waals surface area contributed by atoms with Crippen molar-refractivity contribution in [1.82, 2.24) is 31.1 Å². The minimum absolute atomic E-state index is 0.0577. The van der Waals surface area contributed by atoms with Gasteiger partial charge in [0.05, 0.1) is 12.6 Å². The first-order chi connectivity index (χ1) is 26.2. The predicted molar refractivity (Wildman–Crippen MR) is 212 cm³/mol. The minimum atomic E-state index is -1.70. The number of aliphatic hydroxyl groups excluding tert-OH is 1. The highest BCUT2D eigenvalue weighted by molar-refractivity contribution is 5.94. The summed E-state index contributed by atoms with van der Waals surface area (Å²) in [6.07, 6.45) is 4.82. The lowest BCUT2D eigenvalue weighted by Gasteiger charge is -2.40. The van der Waals surface area contributed by atoms with Gasteiger partial charge < -0.3 is 40.9 Å². The topological polar surface area (TPSA) is 186 Å². The second kappa shape index (κ2) is 18.4. The average molecular weight is 783 g/mol. The molecule has 1 saturated carbocycles. The third-order valence-electron chi connectivity index (χ3n) is 11.8. The quantitative estimate of drug-likeness (QED) is 0.264. The summed E-state index contributed by atoms with van der Waals surface area (Å²) in [4.78, 5) is 84.5. The van der Waals surface area contributed by atoms with Crippen molar-refractivity contribution in [2.75, 3.05) is 27.2 Å². The van der Waals surface area contributed by atoms with E-state index in [9.17, 15) is 33.9 Å². The molecule has 2 saturated heterocycles. The molecule has 14 heteroatoms. The van der Waals surface area contributed by atoms with E-state index < -0.39 is 71.6 Å². The van der Waals surface area contributed by atoms with Gasteiger partial charge in [0.1, 0.15) is 23.7 Å². The fourth-order valence-electron chi connectivity index (χ4n) is 8.40. The van der Waals surface area contributed by atoms with Crippen LogP contribution in [0.3, 0.4) is 0 Å². The molecule has 3 aliphatic rings. The lowest BCUT2D eigenvalue weighted by molar-refractivity contribution is -0.145. The Hall–Kier alpha value is -4.20. The van der Waals surface area contributed by atoms with Gasteiger partial charge in [-0.3, -0.25) is 24.0 Å². The lowest BCUT2D eigenvalue weighted by Crippen LogP contribution is -2.61. The molecule has 5 N–H and O–H groups in total. The van der Waals surface area contributed by atoms with Crippen LogP contribution in [-0.4, -0.2) is 108 Å². The Balaban J connectivity index is 1.54. The monoisotopic (exact) mass is 782 g/mol. The number of hydrogen-bond acceptors (Lipinski definition) is 8. The molecule has 3 fully saturated rings. The van der Waals surface area contributed by atoms with Crippen molar-refractivity contribution in [3.8, 4) is 0 Å². The number of carbonyl (C=O) groups excluding carboxylic acids is 6. The number of nitrogens with zero attached hydrogens (tertiary/aromatic N) is 2. The van der Waals surface area contributed by atoms with Crippen LogP contribution in [0.4, 0.5) is 4.79 Å². The molecule has 1 aromatic carbocycles. The number of carbonyl (C=O) groups is 6. The van der Waals surface area contributed by atoms with Gasteiger partial charge in [-0.2, -0.15) is 0 Å². The molecule has 4 unspecified atom stereocenters. The molecule has 0 bridgehead atoms. The molecule has 7 atom stereocenters. The minimum Gasteiger partial charge on any atom is -0.444 e. The zero-order valence-electron chi connectivity index (χ0n) is 34.9. The van der Waals surface area contributed by atoms with E-state index in [-0.39, 0.29) is 29.1 Å². The molecule has 14 nitrogen and oxygen atoms in total. The van der Waals surface area contributed by atoms with E-state index >= 15 is 0 Å². The summed E-state index contributed by atoms with van der Waals surface area (Å²) in [5.41, 5.74) is -1.08. The zero-order chi connectivity index (χ0) is 41.6. The normalized spacial score (nSPS) is 26.5. The number of ether oxygens (including phenoxy) is 1. The van der Waals surface area contributed by atoms with Gasteiger partial charge in [0.25, 0.3) is 5.91 Å². The Morgan fingerprint density at radius 1 is 0.964 bits per heavy atom. The van der Waals surface area contributed by atoms with Crippen LogP contribution in [0.2, 0.25) is 0 Å². The second-order valence-electron chi connectivity index (χ2n) is 18.4. The molecule has 56 heavy (non-hydrogen) atoms. The number of likely N-dealkylation sites (N-methyl/N-ethyl adjacent to an activating group) is 1. The summed E-state index contributed by atoms with van der Waals surface area (Å²) >= 11 is 0. The number of rotatable bonds is 8. The lowest BCUT2D eigenvalue weighted by atomic mass is 9.78. The van der Waals surface area contributed by atoms with E-state index in [1.807, 2.05) is 13.8 Å². The van der Waals surface area contributed by atoms with Crippen LogP contribution < -0.4 is 21.3 Å². The number of aliphatic hydroxyl groups is 1. The molecule has 6 amide bonds. The van der Waals surface area contributed by atoms with Gasteiger partial charge in [-0.25, -0.2) is 4.79 Å². The summed E-state index contributed by atoms with van der Waals surface area (Å²) in [7, 11) is 3.16. The van der Waals surface area contributed by atoms with Gasteiger partial charge in [0.2, 0.25) is 23.6 Å². The summed E-state index contributed by atoms with van der Waals surface area (Å²) < 4.78 is 5.58. The third-order valence-corrected chi connectivity index (χ3v) is 11.8. The molecule has 4 rings (SSSR count). The second-order valence-corrected chi connectivity index (χ2v) is 18.4. The SMILES string of the molecule is CN(C)C(=O)C(NC(=O)CNC(=O)C(O)[C@@H]1CCCCCCCCCC(C)(C)[C@H](NC(=O)OC(C)(C)C)C(=O)N2CC3C([C@H]2C(=O)N1)C3(C)C)c1ccccc1. The van der Waals surface area contributed by atoms with Crippen molar-refractivity contribution < 1.29 is 38.6 Å². The molecule has 2 heterocycles. The van der Waals surface area contributed by atoms with Gasteiger partial charge in [0.15, 0.2) is 6.10 Å². The Morgan fingerprint density at radius 3 is 2.18 bits per heavy atom. The van der Waals surface area contributed by atoms with E-state index in [1.54, 1.807) is 70.1 Å². The molecule has 2 aliphatic heterocycles. The molecule has 0 radical (unpaired) electrons. The molecule has 0 aromatic heterocycles. The molecule has 1 aromatic rings. The number of alkyl carbamates (subject to hydrolysis) is 1. The third kappa shape index (κ3) is 11.2. The van der Waals surface area contributed by atoms with Crippen LogP contribution >= 0.6 is 0 Å². The fraction of sp³-hybridized carbons (Fsp3) is 0.714. The number of nitrogens with one attached hydrogen (secondary N) is 4. The maximum atomic E-state index is 14.6. The van der Waals surface area contributed by atoms with E-state index in [0.29, 0.717) is 31.4 Å². The first-order valence-electron chi connectivity index (χ1n) is 20.3. The summed E-state index contributed by atoms with van der Waals surface area (Å²) in [6, 6.07) is 4.92. The van der Waals surface area contributed by atoms with Crippen molar-refractivity contribution in [2.45, 2.75) is 142 Å². The van der Waals surface area contributed by atoms with E-state index in [1.165, 1.54) is 4.90 Å². The van der Waals surface area contributed by atoms with Crippen molar-refractivity contribution in [2.24, 2.45) is 22.7 Å². The standard InChI is InChI=1S/C42H66N6O8/c1-40(2,3)56-39(55)46-34-38(54)48-25-27-30(42(27,6)7)32(48)35(51)44-28(22-18-13-11-10-12-14-19-23-41(34,4)5)33(50)36(52)43-24-29(49)45-31(37(53)47(8)9)26-20-16-15-17-21-26/h15-17,20-21,27-28,30-34,50H,10-14,18-19,22-25H2,1-9H3,(H,43,52)(H,44,51)(H,45,49)(H,46,55)/t27?,28-,30?,31?,32-,33?,34+/m0/s1. The van der Waals surface area contributed by atoms with Crippen LogP contribution in [0.25, 0.3) is 0 Å². The predicted octanol–water partition coefficient (Wildman–Crippen LogP) is 3.82. The van der Waals surface area contributed by atoms with Gasteiger partial charge in [-0.15, -0.1) is 0 Å². The molecule has 312 valence electrons. The van der Waals surface area contributed by atoms with Crippen molar-refractivity contribution in [1.29, 1.82) is 0 Å². The van der Waals surface area contributed by atoms with Gasteiger partial charge >= 0.3 is 6.09 Å². The molecule has 1 aliphatic carbocycles. The maximum Gasteiger partial charge on any atom is 0.408 e. The number of amides is 6.